The molecule has 0 saturated carbocycles. The third-order valence-corrected chi connectivity index (χ3v) is 7.03. The van der Waals surface area contributed by atoms with Crippen LogP contribution >= 0.6 is 15.1 Å². The Hall–Kier alpha value is 0.660. The van der Waals surface area contributed by atoms with E-state index in [0.717, 1.165) is 12.3 Å². The lowest BCUT2D eigenvalue weighted by Crippen LogP contribution is -2.03. The van der Waals surface area contributed by atoms with Crippen LogP contribution in [0.15, 0.2) is 0 Å². The van der Waals surface area contributed by atoms with Crippen LogP contribution in [0.3, 0.4) is 0 Å². The zero-order chi connectivity index (χ0) is 8.32. The van der Waals surface area contributed by atoms with Crippen LogP contribution in [-0.4, -0.2) is 38.0 Å². The van der Waals surface area contributed by atoms with Crippen LogP contribution in [0.2, 0.25) is 0 Å². The fourth-order valence-electron chi connectivity index (χ4n) is 1.57. The van der Waals surface area contributed by atoms with Crippen LogP contribution < -0.4 is 0 Å². The monoisotopic (exact) mass is 192 g/mol. The summed E-state index contributed by atoms with van der Waals surface area (Å²) in [6.45, 7) is 4.36. The average Bonchev–Trinajstić information content (AvgIpc) is 1.83. The van der Waals surface area contributed by atoms with Crippen molar-refractivity contribution in [2.45, 2.75) is 12.8 Å². The van der Waals surface area contributed by atoms with Crippen LogP contribution in [0.4, 0.5) is 0 Å². The molecule has 0 radical (unpaired) electrons. The van der Waals surface area contributed by atoms with Gasteiger partial charge in [-0.05, 0) is 38.5 Å². The Morgan fingerprint density at radius 3 is 2.09 bits per heavy atom. The van der Waals surface area contributed by atoms with Gasteiger partial charge in [-0.1, -0.05) is 0 Å². The van der Waals surface area contributed by atoms with Gasteiger partial charge in [0.15, 0.2) is 0 Å². The maximum Gasteiger partial charge on any atom is 0.0848 e. The third-order valence-electron chi connectivity index (χ3n) is 2.34. The Bertz CT molecular complexity index is 153. The summed E-state index contributed by atoms with van der Waals surface area (Å²) in [6, 6.07) is 0. The van der Waals surface area contributed by atoms with Crippen LogP contribution in [-0.2, 0) is 4.57 Å². The van der Waals surface area contributed by atoms with Gasteiger partial charge in [0.2, 0.25) is 0 Å². The van der Waals surface area contributed by atoms with Crippen molar-refractivity contribution in [3.63, 3.8) is 0 Å². The predicted octanol–water partition coefficient (Wildman–Crippen LogP) is 2.88. The standard InChI is InChI=1S/C8H18OP2/c1-10-5-3-7-11(2,9)8-4-6-10/h3-8H2,1-2H3. The number of hydrogen-bond donors (Lipinski definition) is 0. The summed E-state index contributed by atoms with van der Waals surface area (Å²) >= 11 is 0. The largest absolute Gasteiger partial charge is 0.324 e. The van der Waals surface area contributed by atoms with E-state index in [1.165, 1.54) is 25.2 Å². The average molecular weight is 192 g/mol. The molecule has 1 aliphatic rings. The first-order valence-corrected chi connectivity index (χ1v) is 9.03. The smallest absolute Gasteiger partial charge is 0.0848 e. The molecule has 0 spiro atoms. The molecule has 0 aromatic rings. The highest BCUT2D eigenvalue weighted by molar-refractivity contribution is 7.63. The van der Waals surface area contributed by atoms with Gasteiger partial charge in [-0.3, -0.25) is 0 Å². The molecule has 0 bridgehead atoms. The van der Waals surface area contributed by atoms with E-state index in [4.69, 9.17) is 0 Å². The molecule has 0 unspecified atom stereocenters. The Morgan fingerprint density at radius 1 is 1.18 bits per heavy atom. The summed E-state index contributed by atoms with van der Waals surface area (Å²) in [5.41, 5.74) is 0. The van der Waals surface area contributed by atoms with Crippen molar-refractivity contribution < 1.29 is 4.57 Å². The topological polar surface area (TPSA) is 17.1 Å². The summed E-state index contributed by atoms with van der Waals surface area (Å²) in [5.74, 6) is 0. The zero-order valence-corrected chi connectivity index (χ0v) is 9.33. The van der Waals surface area contributed by atoms with Crippen molar-refractivity contribution in [2.24, 2.45) is 0 Å². The van der Waals surface area contributed by atoms with Crippen molar-refractivity contribution in [2.75, 3.05) is 38.0 Å². The van der Waals surface area contributed by atoms with Gasteiger partial charge in [0, 0.05) is 12.3 Å². The van der Waals surface area contributed by atoms with Gasteiger partial charge >= 0.3 is 0 Å². The molecule has 3 heteroatoms. The molecule has 1 fully saturated rings. The number of hydrogen-bond acceptors (Lipinski definition) is 1. The van der Waals surface area contributed by atoms with Crippen molar-refractivity contribution in [1.29, 1.82) is 0 Å². The minimum Gasteiger partial charge on any atom is -0.324 e. The highest BCUT2D eigenvalue weighted by Gasteiger charge is 2.18. The third kappa shape index (κ3) is 3.72. The molecule has 1 rings (SSSR count). The number of rotatable bonds is 0. The van der Waals surface area contributed by atoms with E-state index in [-0.39, 0.29) is 0 Å². The Kier molecular flexibility index (Phi) is 3.59. The maximum absolute atomic E-state index is 11.7. The molecule has 0 N–H and O–H groups in total. The molecule has 1 aliphatic heterocycles. The minimum absolute atomic E-state index is 0.302. The molecule has 0 aromatic carbocycles. The molecule has 0 amide bonds. The molecule has 1 saturated heterocycles. The van der Waals surface area contributed by atoms with E-state index >= 15 is 0 Å². The summed E-state index contributed by atoms with van der Waals surface area (Å²) in [6.07, 6.45) is 7.17. The first kappa shape index (κ1) is 9.75. The van der Waals surface area contributed by atoms with Crippen molar-refractivity contribution in [1.82, 2.24) is 0 Å². The molecule has 0 aromatic heterocycles. The zero-order valence-electron chi connectivity index (χ0n) is 7.55. The van der Waals surface area contributed by atoms with E-state index in [9.17, 15) is 4.57 Å². The summed E-state index contributed by atoms with van der Waals surface area (Å²) in [5, 5.41) is 0. The quantitative estimate of drug-likeness (QED) is 0.539. The van der Waals surface area contributed by atoms with Gasteiger partial charge in [-0.15, -0.1) is 7.92 Å². The normalized spacial score (nSPS) is 41.1. The second-order valence-corrected chi connectivity index (χ2v) is 9.85. The first-order valence-electron chi connectivity index (χ1n) is 4.34. The molecule has 0 aliphatic carbocycles. The van der Waals surface area contributed by atoms with E-state index in [1.807, 2.05) is 6.66 Å². The molecule has 1 heterocycles. The van der Waals surface area contributed by atoms with E-state index in [1.54, 1.807) is 0 Å². The van der Waals surface area contributed by atoms with Crippen LogP contribution in [0, 0.1) is 0 Å². The van der Waals surface area contributed by atoms with Crippen molar-refractivity contribution in [3.05, 3.63) is 0 Å². The Labute approximate surface area is 71.1 Å². The van der Waals surface area contributed by atoms with E-state index < -0.39 is 7.14 Å². The van der Waals surface area contributed by atoms with Gasteiger partial charge in [-0.2, -0.15) is 0 Å². The maximum atomic E-state index is 11.7. The minimum atomic E-state index is -1.67. The van der Waals surface area contributed by atoms with Crippen LogP contribution in [0.5, 0.6) is 0 Å². The van der Waals surface area contributed by atoms with Crippen LogP contribution in [0.25, 0.3) is 0 Å². The fourth-order valence-corrected chi connectivity index (χ4v) is 5.57. The molecular weight excluding hydrogens is 174 g/mol. The summed E-state index contributed by atoms with van der Waals surface area (Å²) < 4.78 is 11.7. The molecular formula is C8H18OP2. The summed E-state index contributed by atoms with van der Waals surface area (Å²) in [4.78, 5) is 0. The Balaban J connectivity index is 2.41. The molecule has 11 heavy (non-hydrogen) atoms. The van der Waals surface area contributed by atoms with Crippen molar-refractivity contribution in [3.8, 4) is 0 Å². The highest BCUT2D eigenvalue weighted by Crippen LogP contribution is 2.47. The van der Waals surface area contributed by atoms with Gasteiger partial charge < -0.3 is 4.57 Å². The van der Waals surface area contributed by atoms with E-state index in [0.29, 0.717) is 7.92 Å². The SMILES string of the molecule is CP1CCCP(C)(=O)CCC1. The van der Waals surface area contributed by atoms with Gasteiger partial charge in [-0.25, -0.2) is 0 Å². The lowest BCUT2D eigenvalue weighted by atomic mass is 10.5. The second-order valence-electron chi connectivity index (χ2n) is 3.75. The van der Waals surface area contributed by atoms with E-state index in [2.05, 4.69) is 6.66 Å². The second kappa shape index (κ2) is 4.06. The van der Waals surface area contributed by atoms with Crippen LogP contribution in [0.1, 0.15) is 12.8 Å². The van der Waals surface area contributed by atoms with Gasteiger partial charge in [0.25, 0.3) is 0 Å². The lowest BCUT2D eigenvalue weighted by Gasteiger charge is -2.20. The van der Waals surface area contributed by atoms with Crippen molar-refractivity contribution >= 4 is 15.1 Å². The first-order chi connectivity index (χ1) is 5.10. The lowest BCUT2D eigenvalue weighted by molar-refractivity contribution is 0.576. The molecule has 66 valence electrons. The molecule has 1 nitrogen and oxygen atoms in total. The van der Waals surface area contributed by atoms with Gasteiger partial charge in [0.05, 0.1) is 7.14 Å². The summed E-state index contributed by atoms with van der Waals surface area (Å²) in [7, 11) is -1.37. The Morgan fingerprint density at radius 2 is 1.64 bits per heavy atom. The highest BCUT2D eigenvalue weighted by atomic mass is 31.2. The fraction of sp³-hybridized carbons (Fsp3) is 1.00. The molecule has 0 atom stereocenters. The predicted molar refractivity (Wildman–Crippen MR) is 55.1 cm³/mol. The van der Waals surface area contributed by atoms with Gasteiger partial charge in [0.1, 0.15) is 0 Å².